The summed E-state index contributed by atoms with van der Waals surface area (Å²) in [5.41, 5.74) is 0. The van der Waals surface area contributed by atoms with Crippen molar-refractivity contribution in [2.24, 2.45) is 5.92 Å². The Labute approximate surface area is 79.8 Å². The van der Waals surface area contributed by atoms with E-state index in [0.717, 1.165) is 18.8 Å². The van der Waals surface area contributed by atoms with Crippen molar-refractivity contribution in [1.82, 2.24) is 5.32 Å². The van der Waals surface area contributed by atoms with Gasteiger partial charge in [0.25, 0.3) is 0 Å². The van der Waals surface area contributed by atoms with Gasteiger partial charge in [-0.25, -0.2) is 8.42 Å². The molecule has 1 saturated carbocycles. The highest BCUT2D eigenvalue weighted by Crippen LogP contribution is 2.30. The van der Waals surface area contributed by atoms with Crippen LogP contribution in [0.4, 0.5) is 0 Å². The summed E-state index contributed by atoms with van der Waals surface area (Å²) in [7, 11) is -2.68. The molecule has 76 valence electrons. The van der Waals surface area contributed by atoms with Gasteiger partial charge in [0.15, 0.2) is 0 Å². The predicted molar refractivity (Wildman–Crippen MR) is 52.4 cm³/mol. The fourth-order valence-electron chi connectivity index (χ4n) is 1.91. The van der Waals surface area contributed by atoms with Crippen molar-refractivity contribution >= 4 is 9.84 Å². The summed E-state index contributed by atoms with van der Waals surface area (Å²) in [6, 6.07) is 1.13. The van der Waals surface area contributed by atoms with Gasteiger partial charge in [-0.2, -0.15) is 0 Å². The highest BCUT2D eigenvalue weighted by atomic mass is 32.2. The van der Waals surface area contributed by atoms with Gasteiger partial charge in [-0.05, 0) is 25.2 Å². The molecule has 2 unspecified atom stereocenters. The smallest absolute Gasteiger partial charge is 0.150 e. The van der Waals surface area contributed by atoms with Crippen LogP contribution in [0, 0.1) is 5.92 Å². The van der Waals surface area contributed by atoms with E-state index in [2.05, 4.69) is 12.2 Å². The van der Waals surface area contributed by atoms with Gasteiger partial charge in [0.2, 0.25) is 0 Å². The van der Waals surface area contributed by atoms with E-state index in [4.69, 9.17) is 0 Å². The van der Waals surface area contributed by atoms with E-state index in [1.807, 2.05) is 0 Å². The number of nitrogens with one attached hydrogen (secondary N) is 1. The molecule has 1 saturated heterocycles. The second-order valence-electron chi connectivity index (χ2n) is 4.41. The van der Waals surface area contributed by atoms with Crippen molar-refractivity contribution in [2.75, 3.05) is 11.5 Å². The predicted octanol–water partition coefficient (Wildman–Crippen LogP) is 0.562. The van der Waals surface area contributed by atoms with Crippen molar-refractivity contribution in [3.63, 3.8) is 0 Å². The van der Waals surface area contributed by atoms with Crippen LogP contribution in [0.15, 0.2) is 0 Å². The Hall–Kier alpha value is -0.0900. The van der Waals surface area contributed by atoms with Crippen LogP contribution >= 0.6 is 0 Å². The summed E-state index contributed by atoms with van der Waals surface area (Å²) in [5, 5.41) is 3.52. The van der Waals surface area contributed by atoms with E-state index in [1.54, 1.807) is 0 Å². The Morgan fingerprint density at radius 2 is 1.77 bits per heavy atom. The molecular formula is C9H17NO2S. The van der Waals surface area contributed by atoms with E-state index >= 15 is 0 Å². The first kappa shape index (κ1) is 9.46. The van der Waals surface area contributed by atoms with Crippen molar-refractivity contribution in [1.29, 1.82) is 0 Å². The van der Waals surface area contributed by atoms with Crippen LogP contribution < -0.4 is 5.32 Å². The second kappa shape index (κ2) is 3.24. The van der Waals surface area contributed by atoms with Crippen LogP contribution in [0.3, 0.4) is 0 Å². The Morgan fingerprint density at radius 1 is 1.23 bits per heavy atom. The first-order valence-corrected chi connectivity index (χ1v) is 6.85. The third kappa shape index (κ3) is 2.44. The summed E-state index contributed by atoms with van der Waals surface area (Å²) < 4.78 is 22.3. The van der Waals surface area contributed by atoms with Crippen molar-refractivity contribution in [3.8, 4) is 0 Å². The normalized spacial score (nSPS) is 38.8. The lowest BCUT2D eigenvalue weighted by atomic mass is 10.1. The summed E-state index contributed by atoms with van der Waals surface area (Å²) in [4.78, 5) is 0. The maximum absolute atomic E-state index is 11.1. The number of sulfone groups is 1. The Bertz CT molecular complexity index is 272. The summed E-state index contributed by atoms with van der Waals surface area (Å²) >= 11 is 0. The van der Waals surface area contributed by atoms with Crippen LogP contribution in [-0.2, 0) is 9.84 Å². The average Bonchev–Trinajstić information content (AvgIpc) is 2.72. The molecule has 0 amide bonds. The molecule has 0 aromatic rings. The molecule has 0 spiro atoms. The van der Waals surface area contributed by atoms with E-state index in [-0.39, 0.29) is 0 Å². The third-order valence-corrected chi connectivity index (χ3v) is 4.83. The molecule has 1 aliphatic carbocycles. The monoisotopic (exact) mass is 203 g/mol. The molecule has 3 nitrogen and oxygen atoms in total. The Kier molecular flexibility index (Phi) is 2.36. The molecule has 1 N–H and O–H groups in total. The SMILES string of the molecule is CC1CC1NC1CCS(=O)(=O)CC1. The highest BCUT2D eigenvalue weighted by Gasteiger charge is 2.35. The molecule has 2 rings (SSSR count). The minimum Gasteiger partial charge on any atom is -0.311 e. The molecule has 0 radical (unpaired) electrons. The first-order chi connectivity index (χ1) is 6.07. The minimum absolute atomic E-state index is 0.381. The van der Waals surface area contributed by atoms with Crippen molar-refractivity contribution in [2.45, 2.75) is 38.3 Å². The molecule has 2 atom stereocenters. The molecule has 1 heterocycles. The van der Waals surface area contributed by atoms with Gasteiger partial charge in [-0.15, -0.1) is 0 Å². The zero-order valence-corrected chi connectivity index (χ0v) is 8.81. The molecule has 13 heavy (non-hydrogen) atoms. The number of rotatable bonds is 2. The van der Waals surface area contributed by atoms with Crippen LogP contribution in [-0.4, -0.2) is 32.0 Å². The molecule has 1 aliphatic heterocycles. The lowest BCUT2D eigenvalue weighted by Crippen LogP contribution is -2.39. The van der Waals surface area contributed by atoms with Crippen LogP contribution in [0.5, 0.6) is 0 Å². The lowest BCUT2D eigenvalue weighted by molar-refractivity contribution is 0.453. The fraction of sp³-hybridized carbons (Fsp3) is 1.00. The molecule has 0 aromatic heterocycles. The van der Waals surface area contributed by atoms with Gasteiger partial charge in [0.05, 0.1) is 11.5 Å². The highest BCUT2D eigenvalue weighted by molar-refractivity contribution is 7.91. The molecular weight excluding hydrogens is 186 g/mol. The van der Waals surface area contributed by atoms with E-state index < -0.39 is 9.84 Å². The van der Waals surface area contributed by atoms with Gasteiger partial charge in [-0.1, -0.05) is 6.92 Å². The van der Waals surface area contributed by atoms with Crippen LogP contribution in [0.2, 0.25) is 0 Å². The molecule has 0 bridgehead atoms. The van der Waals surface area contributed by atoms with Crippen LogP contribution in [0.25, 0.3) is 0 Å². The maximum Gasteiger partial charge on any atom is 0.150 e. The Morgan fingerprint density at radius 3 is 2.23 bits per heavy atom. The summed E-state index contributed by atoms with van der Waals surface area (Å²) in [5.74, 6) is 1.57. The van der Waals surface area contributed by atoms with Crippen molar-refractivity contribution in [3.05, 3.63) is 0 Å². The van der Waals surface area contributed by atoms with Gasteiger partial charge < -0.3 is 5.32 Å². The minimum atomic E-state index is -2.68. The molecule has 2 aliphatic rings. The first-order valence-electron chi connectivity index (χ1n) is 5.03. The molecule has 0 aromatic carbocycles. The Balaban J connectivity index is 1.78. The van der Waals surface area contributed by atoms with Crippen LogP contribution in [0.1, 0.15) is 26.2 Å². The van der Waals surface area contributed by atoms with E-state index in [1.165, 1.54) is 6.42 Å². The van der Waals surface area contributed by atoms with Gasteiger partial charge in [0.1, 0.15) is 9.84 Å². The lowest BCUT2D eigenvalue weighted by Gasteiger charge is -2.23. The van der Waals surface area contributed by atoms with Gasteiger partial charge in [-0.3, -0.25) is 0 Å². The topological polar surface area (TPSA) is 46.2 Å². The fourth-order valence-corrected chi connectivity index (χ4v) is 3.41. The molecule has 4 heteroatoms. The maximum atomic E-state index is 11.1. The van der Waals surface area contributed by atoms with E-state index in [9.17, 15) is 8.42 Å². The van der Waals surface area contributed by atoms with Gasteiger partial charge >= 0.3 is 0 Å². The quantitative estimate of drug-likeness (QED) is 0.713. The summed E-state index contributed by atoms with van der Waals surface area (Å²) in [6.07, 6.45) is 2.89. The van der Waals surface area contributed by atoms with E-state index in [0.29, 0.717) is 23.6 Å². The standard InChI is InChI=1S/C9H17NO2S/c1-7-6-9(7)10-8-2-4-13(11,12)5-3-8/h7-10H,2-6H2,1H3. The zero-order chi connectivity index (χ0) is 9.47. The number of hydrogen-bond acceptors (Lipinski definition) is 3. The van der Waals surface area contributed by atoms with Gasteiger partial charge in [0, 0.05) is 12.1 Å². The summed E-state index contributed by atoms with van der Waals surface area (Å²) in [6.45, 7) is 2.23. The zero-order valence-electron chi connectivity index (χ0n) is 7.99. The number of hydrogen-bond donors (Lipinski definition) is 1. The molecule has 2 fully saturated rings. The average molecular weight is 203 g/mol. The second-order valence-corrected chi connectivity index (χ2v) is 6.72. The largest absolute Gasteiger partial charge is 0.311 e. The third-order valence-electron chi connectivity index (χ3n) is 3.11. The van der Waals surface area contributed by atoms with Crippen molar-refractivity contribution < 1.29 is 8.42 Å².